The lowest BCUT2D eigenvalue weighted by molar-refractivity contribution is -0.384. The fraction of sp³-hybridized carbons (Fsp3) is 0. The molecule has 0 radical (unpaired) electrons. The van der Waals surface area contributed by atoms with Crippen LogP contribution in [0.3, 0.4) is 0 Å². The highest BCUT2D eigenvalue weighted by molar-refractivity contribution is 8.26. The van der Waals surface area contributed by atoms with Crippen molar-refractivity contribution in [3.05, 3.63) is 56.3 Å². The molecule has 0 aliphatic carbocycles. The Balaban J connectivity index is 1.95. The number of nitro benzene ring substituents is 1. The van der Waals surface area contributed by atoms with Crippen LogP contribution in [0.1, 0.15) is 4.88 Å². The maximum absolute atomic E-state index is 11.6. The number of carbonyl (C=O) groups excluding carboxylic acids is 1. The average Bonchev–Trinajstić information content (AvgIpc) is 3.06. The van der Waals surface area contributed by atoms with E-state index in [0.717, 1.165) is 9.75 Å². The number of thioether (sulfide) groups is 1. The Morgan fingerprint density at radius 1 is 1.23 bits per heavy atom. The predicted octanol–water partition coefficient (Wildman–Crippen LogP) is 3.81. The molecule has 0 atom stereocenters. The molecule has 1 aromatic heterocycles. The molecule has 0 bridgehead atoms. The van der Waals surface area contributed by atoms with Crippen LogP contribution in [0.2, 0.25) is 0 Å². The molecule has 1 fully saturated rings. The fourth-order valence-corrected chi connectivity index (χ4v) is 4.06. The van der Waals surface area contributed by atoms with Crippen molar-refractivity contribution in [3.63, 3.8) is 0 Å². The number of nitrogens with one attached hydrogen (secondary N) is 1. The van der Waals surface area contributed by atoms with Gasteiger partial charge in [-0.3, -0.25) is 14.9 Å². The van der Waals surface area contributed by atoms with Crippen LogP contribution in [0.15, 0.2) is 41.3 Å². The van der Waals surface area contributed by atoms with Gasteiger partial charge in [0.1, 0.15) is 4.32 Å². The number of hydrogen-bond acceptors (Lipinski definition) is 6. The van der Waals surface area contributed by atoms with Crippen molar-refractivity contribution in [3.8, 4) is 10.4 Å². The molecular weight excluding hydrogens is 340 g/mol. The van der Waals surface area contributed by atoms with Crippen LogP contribution in [0.25, 0.3) is 16.5 Å². The van der Waals surface area contributed by atoms with Gasteiger partial charge < -0.3 is 5.32 Å². The Morgan fingerprint density at radius 2 is 2.00 bits per heavy atom. The molecule has 5 nitrogen and oxygen atoms in total. The monoisotopic (exact) mass is 348 g/mol. The number of carbonyl (C=O) groups is 1. The summed E-state index contributed by atoms with van der Waals surface area (Å²) >= 11 is 7.54. The Morgan fingerprint density at radius 3 is 2.68 bits per heavy atom. The van der Waals surface area contributed by atoms with Crippen LogP contribution in [-0.2, 0) is 4.79 Å². The molecular formula is C14H8N2O3S3. The molecule has 0 spiro atoms. The zero-order chi connectivity index (χ0) is 15.7. The molecule has 1 aliphatic heterocycles. The van der Waals surface area contributed by atoms with Gasteiger partial charge in [-0.1, -0.05) is 36.1 Å². The van der Waals surface area contributed by atoms with Gasteiger partial charge in [-0.05, 0) is 24.3 Å². The summed E-state index contributed by atoms with van der Waals surface area (Å²) < 4.78 is 0.437. The van der Waals surface area contributed by atoms with Gasteiger partial charge in [-0.25, -0.2) is 0 Å². The minimum atomic E-state index is -0.397. The largest absolute Gasteiger partial charge is 0.307 e. The lowest BCUT2D eigenvalue weighted by Gasteiger charge is -1.98. The number of thiophene rings is 1. The van der Waals surface area contributed by atoms with Gasteiger partial charge >= 0.3 is 0 Å². The van der Waals surface area contributed by atoms with E-state index in [1.807, 2.05) is 12.1 Å². The molecule has 1 aliphatic rings. The highest BCUT2D eigenvalue weighted by Gasteiger charge is 2.22. The first-order valence-electron chi connectivity index (χ1n) is 6.13. The first kappa shape index (κ1) is 14.9. The van der Waals surface area contributed by atoms with Crippen molar-refractivity contribution in [1.82, 2.24) is 5.32 Å². The van der Waals surface area contributed by atoms with Gasteiger partial charge in [-0.2, -0.15) is 0 Å². The van der Waals surface area contributed by atoms with Crippen molar-refractivity contribution < 1.29 is 9.72 Å². The average molecular weight is 348 g/mol. The van der Waals surface area contributed by atoms with Crippen LogP contribution in [-0.4, -0.2) is 15.2 Å². The van der Waals surface area contributed by atoms with E-state index in [0.29, 0.717) is 14.8 Å². The van der Waals surface area contributed by atoms with E-state index in [2.05, 4.69) is 5.32 Å². The molecule has 0 unspecified atom stereocenters. The second-order valence-corrected chi connectivity index (χ2v) is 7.16. The number of nitro groups is 1. The molecule has 2 heterocycles. The standard InChI is InChI=1S/C14H8N2O3S3/c17-13-12(22-14(20)15-13)7-8-5-6-11(21-8)9-3-1-2-4-10(9)16(18)19/h1-7H,(H,15,17,20)/b12-7-. The van der Waals surface area contributed by atoms with Gasteiger partial charge in [0.15, 0.2) is 0 Å². The Labute approximate surface area is 139 Å². The molecule has 1 amide bonds. The molecule has 3 rings (SSSR count). The predicted molar refractivity (Wildman–Crippen MR) is 92.7 cm³/mol. The number of rotatable bonds is 3. The van der Waals surface area contributed by atoms with E-state index in [-0.39, 0.29) is 11.6 Å². The van der Waals surface area contributed by atoms with Crippen LogP contribution in [0.4, 0.5) is 5.69 Å². The number of benzene rings is 1. The van der Waals surface area contributed by atoms with E-state index in [4.69, 9.17) is 12.2 Å². The van der Waals surface area contributed by atoms with E-state index >= 15 is 0 Å². The molecule has 1 aromatic carbocycles. The number of para-hydroxylation sites is 1. The summed E-state index contributed by atoms with van der Waals surface area (Å²) in [5.41, 5.74) is 0.638. The summed E-state index contributed by atoms with van der Waals surface area (Å²) in [6, 6.07) is 10.2. The Kier molecular flexibility index (Phi) is 4.06. The van der Waals surface area contributed by atoms with Crippen LogP contribution in [0.5, 0.6) is 0 Å². The molecule has 0 saturated carbocycles. The van der Waals surface area contributed by atoms with Gasteiger partial charge in [0, 0.05) is 15.8 Å². The molecule has 8 heteroatoms. The quantitative estimate of drug-likeness (QED) is 0.395. The van der Waals surface area contributed by atoms with E-state index in [9.17, 15) is 14.9 Å². The van der Waals surface area contributed by atoms with Gasteiger partial charge in [0.25, 0.3) is 11.6 Å². The number of hydrogen-bond donors (Lipinski definition) is 1. The normalized spacial score (nSPS) is 16.1. The third-order valence-electron chi connectivity index (χ3n) is 2.91. The van der Waals surface area contributed by atoms with Crippen molar-refractivity contribution in [2.45, 2.75) is 0 Å². The maximum atomic E-state index is 11.6. The second-order valence-electron chi connectivity index (χ2n) is 4.33. The molecule has 1 saturated heterocycles. The summed E-state index contributed by atoms with van der Waals surface area (Å²) in [5.74, 6) is -0.212. The third kappa shape index (κ3) is 2.94. The van der Waals surface area contributed by atoms with Gasteiger partial charge in [-0.15, -0.1) is 11.3 Å². The van der Waals surface area contributed by atoms with E-state index < -0.39 is 4.92 Å². The van der Waals surface area contributed by atoms with Gasteiger partial charge in [0.05, 0.1) is 15.4 Å². The fourth-order valence-electron chi connectivity index (χ4n) is 1.97. The number of amides is 1. The SMILES string of the molecule is O=C1NC(=S)S/C1=C\c1ccc(-c2ccccc2[N+](=O)[O-])s1. The lowest BCUT2D eigenvalue weighted by Crippen LogP contribution is -2.17. The topological polar surface area (TPSA) is 72.2 Å². The van der Waals surface area contributed by atoms with E-state index in [1.165, 1.54) is 29.2 Å². The summed E-state index contributed by atoms with van der Waals surface area (Å²) in [4.78, 5) is 24.5. The summed E-state index contributed by atoms with van der Waals surface area (Å²) in [6.07, 6.45) is 1.74. The van der Waals surface area contributed by atoms with Crippen molar-refractivity contribution in [2.75, 3.05) is 0 Å². The smallest absolute Gasteiger partial charge is 0.278 e. The highest BCUT2D eigenvalue weighted by atomic mass is 32.2. The summed E-state index contributed by atoms with van der Waals surface area (Å²) in [7, 11) is 0. The zero-order valence-corrected chi connectivity index (χ0v) is 13.4. The zero-order valence-electron chi connectivity index (χ0n) is 10.9. The number of thiocarbonyl (C=S) groups is 1. The van der Waals surface area contributed by atoms with Crippen molar-refractivity contribution >= 4 is 57.3 Å². The van der Waals surface area contributed by atoms with E-state index in [1.54, 1.807) is 24.3 Å². The first-order chi connectivity index (χ1) is 10.5. The van der Waals surface area contributed by atoms with Crippen molar-refractivity contribution in [1.29, 1.82) is 0 Å². The van der Waals surface area contributed by atoms with Crippen LogP contribution >= 0.6 is 35.3 Å². The molecule has 2 aromatic rings. The molecule has 22 heavy (non-hydrogen) atoms. The van der Waals surface area contributed by atoms with Gasteiger partial charge in [0.2, 0.25) is 0 Å². The highest BCUT2D eigenvalue weighted by Crippen LogP contribution is 2.36. The minimum Gasteiger partial charge on any atom is -0.307 e. The maximum Gasteiger partial charge on any atom is 0.278 e. The minimum absolute atomic E-state index is 0.0673. The third-order valence-corrected chi connectivity index (χ3v) is 5.14. The lowest BCUT2D eigenvalue weighted by atomic mass is 10.1. The Bertz CT molecular complexity index is 826. The van der Waals surface area contributed by atoms with Crippen molar-refractivity contribution in [2.24, 2.45) is 0 Å². The number of nitrogens with zero attached hydrogens (tertiary/aromatic N) is 1. The first-order valence-corrected chi connectivity index (χ1v) is 8.17. The van der Waals surface area contributed by atoms with Crippen LogP contribution < -0.4 is 5.32 Å². The summed E-state index contributed by atoms with van der Waals surface area (Å²) in [5, 5.41) is 13.6. The molecule has 110 valence electrons. The summed E-state index contributed by atoms with van der Waals surface area (Å²) in [6.45, 7) is 0. The van der Waals surface area contributed by atoms with Crippen LogP contribution in [0, 0.1) is 10.1 Å². The molecule has 1 N–H and O–H groups in total. The Hall–Kier alpha value is -2.03. The second kappa shape index (κ2) is 5.99.